The molecule has 0 aromatic rings. The highest BCUT2D eigenvalue weighted by atomic mass is 16.1. The van der Waals surface area contributed by atoms with Gasteiger partial charge in [-0.1, -0.05) is 20.8 Å². The largest absolute Gasteiger partial charge is 0.352 e. The van der Waals surface area contributed by atoms with Crippen molar-refractivity contribution >= 4 is 5.91 Å². The van der Waals surface area contributed by atoms with Gasteiger partial charge in [0.2, 0.25) is 5.91 Å². The van der Waals surface area contributed by atoms with E-state index in [-0.39, 0.29) is 5.91 Å². The van der Waals surface area contributed by atoms with Crippen LogP contribution in [0.1, 0.15) is 46.5 Å². The van der Waals surface area contributed by atoms with Crippen molar-refractivity contribution < 1.29 is 4.79 Å². The predicted octanol–water partition coefficient (Wildman–Crippen LogP) is 1.68. The number of carbonyl (C=O) groups is 1. The Morgan fingerprint density at radius 1 is 1.27 bits per heavy atom. The van der Waals surface area contributed by atoms with Gasteiger partial charge in [-0.05, 0) is 31.6 Å². The Morgan fingerprint density at radius 2 is 1.87 bits per heavy atom. The molecular weight excluding hydrogens is 188 g/mol. The van der Waals surface area contributed by atoms with Crippen molar-refractivity contribution in [1.29, 1.82) is 0 Å². The van der Waals surface area contributed by atoms with Gasteiger partial charge in [-0.3, -0.25) is 4.79 Å². The summed E-state index contributed by atoms with van der Waals surface area (Å²) in [6.07, 6.45) is 4.80. The zero-order valence-corrected chi connectivity index (χ0v) is 10.2. The Hall–Kier alpha value is -0.570. The summed E-state index contributed by atoms with van der Waals surface area (Å²) >= 11 is 0. The average molecular weight is 212 g/mol. The minimum Gasteiger partial charge on any atom is -0.352 e. The van der Waals surface area contributed by atoms with E-state index in [4.69, 9.17) is 0 Å². The number of hydrogen-bond acceptors (Lipinski definition) is 2. The topological polar surface area (TPSA) is 41.1 Å². The lowest BCUT2D eigenvalue weighted by Gasteiger charge is -2.27. The normalized spacial score (nSPS) is 26.7. The van der Waals surface area contributed by atoms with Gasteiger partial charge in [-0.15, -0.1) is 0 Å². The zero-order valence-electron chi connectivity index (χ0n) is 10.2. The third-order valence-corrected chi connectivity index (χ3v) is 3.05. The van der Waals surface area contributed by atoms with Crippen LogP contribution >= 0.6 is 0 Å². The lowest BCUT2D eigenvalue weighted by atomic mass is 9.87. The molecule has 3 nitrogen and oxygen atoms in total. The molecule has 2 N–H and O–H groups in total. The maximum absolute atomic E-state index is 11.5. The van der Waals surface area contributed by atoms with Crippen LogP contribution in [0.3, 0.4) is 0 Å². The molecule has 0 saturated heterocycles. The molecule has 0 heterocycles. The van der Waals surface area contributed by atoms with Crippen LogP contribution in [0, 0.1) is 5.92 Å². The number of amides is 1. The second-order valence-electron chi connectivity index (χ2n) is 5.06. The van der Waals surface area contributed by atoms with E-state index in [1.54, 1.807) is 0 Å². The van der Waals surface area contributed by atoms with Gasteiger partial charge in [0.25, 0.3) is 0 Å². The second kappa shape index (κ2) is 6.11. The second-order valence-corrected chi connectivity index (χ2v) is 5.06. The molecule has 1 rings (SSSR count). The van der Waals surface area contributed by atoms with Crippen molar-refractivity contribution in [2.45, 2.75) is 58.5 Å². The van der Waals surface area contributed by atoms with Gasteiger partial charge in [0.15, 0.2) is 0 Å². The highest BCUT2D eigenvalue weighted by Crippen LogP contribution is 2.23. The summed E-state index contributed by atoms with van der Waals surface area (Å²) < 4.78 is 0. The molecule has 1 saturated carbocycles. The maximum atomic E-state index is 11.5. The molecule has 0 bridgehead atoms. The Labute approximate surface area is 93.0 Å². The van der Waals surface area contributed by atoms with Crippen LogP contribution < -0.4 is 10.6 Å². The van der Waals surface area contributed by atoms with E-state index >= 15 is 0 Å². The molecule has 1 aliphatic rings. The van der Waals surface area contributed by atoms with Crippen LogP contribution in [0.4, 0.5) is 0 Å². The van der Waals surface area contributed by atoms with E-state index in [1.807, 2.05) is 0 Å². The Balaban J connectivity index is 2.15. The molecule has 15 heavy (non-hydrogen) atoms. The van der Waals surface area contributed by atoms with E-state index in [9.17, 15) is 4.79 Å². The fourth-order valence-corrected chi connectivity index (χ4v) is 1.98. The summed E-state index contributed by atoms with van der Waals surface area (Å²) in [6.45, 7) is 6.84. The highest BCUT2D eigenvalue weighted by molar-refractivity contribution is 5.78. The molecule has 1 amide bonds. The van der Waals surface area contributed by atoms with Gasteiger partial charge in [0.05, 0.1) is 6.54 Å². The van der Waals surface area contributed by atoms with Crippen LogP contribution in [0.25, 0.3) is 0 Å². The van der Waals surface area contributed by atoms with Crippen molar-refractivity contribution in [1.82, 2.24) is 10.6 Å². The predicted molar refractivity (Wildman–Crippen MR) is 62.7 cm³/mol. The number of hydrogen-bond donors (Lipinski definition) is 2. The summed E-state index contributed by atoms with van der Waals surface area (Å²) in [5.41, 5.74) is 0. The lowest BCUT2D eigenvalue weighted by Crippen LogP contribution is -2.43. The number of nitrogens with one attached hydrogen (secondary N) is 2. The monoisotopic (exact) mass is 212 g/mol. The standard InChI is InChI=1S/C12H24N2O/c1-9(2)13-8-12(15)14-11-6-4-10(3)5-7-11/h9-11,13H,4-8H2,1-3H3,(H,14,15). The molecule has 0 spiro atoms. The van der Waals surface area contributed by atoms with E-state index < -0.39 is 0 Å². The zero-order chi connectivity index (χ0) is 11.3. The Kier molecular flexibility index (Phi) is 5.09. The number of carbonyl (C=O) groups excluding carboxylic acids is 1. The van der Waals surface area contributed by atoms with Crippen LogP contribution in [0.5, 0.6) is 0 Å². The molecule has 0 aliphatic heterocycles. The summed E-state index contributed by atoms with van der Waals surface area (Å²) in [5, 5.41) is 6.22. The van der Waals surface area contributed by atoms with Gasteiger partial charge in [0, 0.05) is 12.1 Å². The Morgan fingerprint density at radius 3 is 2.40 bits per heavy atom. The molecular formula is C12H24N2O. The minimum atomic E-state index is 0.142. The molecule has 88 valence electrons. The fraction of sp³-hybridized carbons (Fsp3) is 0.917. The van der Waals surface area contributed by atoms with E-state index in [1.165, 1.54) is 12.8 Å². The fourth-order valence-electron chi connectivity index (χ4n) is 1.98. The summed E-state index contributed by atoms with van der Waals surface area (Å²) in [4.78, 5) is 11.5. The molecule has 0 aromatic carbocycles. The van der Waals surface area contributed by atoms with Crippen molar-refractivity contribution in [2.24, 2.45) is 5.92 Å². The van der Waals surface area contributed by atoms with Crippen LogP contribution in [-0.4, -0.2) is 24.5 Å². The first-order chi connectivity index (χ1) is 7.08. The van der Waals surface area contributed by atoms with E-state index in [0.29, 0.717) is 18.6 Å². The molecule has 0 atom stereocenters. The van der Waals surface area contributed by atoms with Gasteiger partial charge in [-0.2, -0.15) is 0 Å². The molecule has 1 fully saturated rings. The first-order valence-electron chi connectivity index (χ1n) is 6.10. The molecule has 0 unspecified atom stereocenters. The lowest BCUT2D eigenvalue weighted by molar-refractivity contribution is -0.121. The van der Waals surface area contributed by atoms with Gasteiger partial charge in [-0.25, -0.2) is 0 Å². The molecule has 0 aromatic heterocycles. The third kappa shape index (κ3) is 5.17. The number of rotatable bonds is 4. The minimum absolute atomic E-state index is 0.142. The third-order valence-electron chi connectivity index (χ3n) is 3.05. The first-order valence-corrected chi connectivity index (χ1v) is 6.10. The highest BCUT2D eigenvalue weighted by Gasteiger charge is 2.19. The summed E-state index contributed by atoms with van der Waals surface area (Å²) in [7, 11) is 0. The van der Waals surface area contributed by atoms with Crippen molar-refractivity contribution in [3.8, 4) is 0 Å². The summed E-state index contributed by atoms with van der Waals surface area (Å²) in [6, 6.07) is 0.796. The van der Waals surface area contributed by atoms with Crippen molar-refractivity contribution in [2.75, 3.05) is 6.54 Å². The molecule has 3 heteroatoms. The van der Waals surface area contributed by atoms with Gasteiger partial charge >= 0.3 is 0 Å². The molecule has 0 radical (unpaired) electrons. The van der Waals surface area contributed by atoms with Crippen LogP contribution in [0.15, 0.2) is 0 Å². The van der Waals surface area contributed by atoms with E-state index in [0.717, 1.165) is 18.8 Å². The smallest absolute Gasteiger partial charge is 0.234 e. The quantitative estimate of drug-likeness (QED) is 0.744. The Bertz CT molecular complexity index is 196. The van der Waals surface area contributed by atoms with Crippen LogP contribution in [-0.2, 0) is 4.79 Å². The molecule has 1 aliphatic carbocycles. The van der Waals surface area contributed by atoms with Crippen molar-refractivity contribution in [3.05, 3.63) is 0 Å². The summed E-state index contributed by atoms with van der Waals surface area (Å²) in [5.74, 6) is 0.982. The van der Waals surface area contributed by atoms with E-state index in [2.05, 4.69) is 31.4 Å². The van der Waals surface area contributed by atoms with Crippen LogP contribution in [0.2, 0.25) is 0 Å². The van der Waals surface area contributed by atoms with Gasteiger partial charge in [0.1, 0.15) is 0 Å². The average Bonchev–Trinajstić information content (AvgIpc) is 2.19. The van der Waals surface area contributed by atoms with Gasteiger partial charge < -0.3 is 10.6 Å². The first kappa shape index (κ1) is 12.5. The SMILES string of the molecule is CC1CCC(NC(=O)CNC(C)C)CC1. The maximum Gasteiger partial charge on any atom is 0.234 e. The van der Waals surface area contributed by atoms with Crippen molar-refractivity contribution in [3.63, 3.8) is 0 Å².